The molecule has 1 aliphatic carbocycles. The van der Waals surface area contributed by atoms with Crippen LogP contribution in [0.3, 0.4) is 0 Å². The van der Waals surface area contributed by atoms with E-state index in [2.05, 4.69) is 55.9 Å². The number of rotatable bonds is 5. The van der Waals surface area contributed by atoms with Gasteiger partial charge < -0.3 is 10.6 Å². The minimum atomic E-state index is 0.0943. The van der Waals surface area contributed by atoms with E-state index in [-0.39, 0.29) is 11.8 Å². The Morgan fingerprint density at radius 2 is 1.85 bits per heavy atom. The van der Waals surface area contributed by atoms with Crippen molar-refractivity contribution in [3.05, 3.63) is 77.3 Å². The summed E-state index contributed by atoms with van der Waals surface area (Å²) in [4.78, 5) is 29.1. The van der Waals surface area contributed by atoms with Gasteiger partial charge in [-0.1, -0.05) is 25.3 Å². The Bertz CT molecular complexity index is 1760. The number of nitrogens with one attached hydrogen (secondary N) is 3. The van der Waals surface area contributed by atoms with E-state index in [0.29, 0.717) is 12.4 Å². The van der Waals surface area contributed by atoms with E-state index in [1.165, 1.54) is 16.2 Å². The largest absolute Gasteiger partial charge is 0.337 e. The van der Waals surface area contributed by atoms with E-state index in [4.69, 9.17) is 4.99 Å². The van der Waals surface area contributed by atoms with E-state index in [1.54, 1.807) is 17.5 Å². The molecule has 0 bridgehead atoms. The zero-order valence-electron chi connectivity index (χ0n) is 22.2. The van der Waals surface area contributed by atoms with Crippen LogP contribution in [0, 0.1) is 12.8 Å². The van der Waals surface area contributed by atoms with E-state index in [1.807, 2.05) is 36.8 Å². The molecule has 0 spiro atoms. The van der Waals surface area contributed by atoms with Gasteiger partial charge >= 0.3 is 0 Å². The van der Waals surface area contributed by atoms with E-state index >= 15 is 0 Å². The summed E-state index contributed by atoms with van der Waals surface area (Å²) in [7, 11) is 0. The van der Waals surface area contributed by atoms with Crippen LogP contribution in [0.1, 0.15) is 48.2 Å². The number of H-pyrrole nitrogens is 1. The molecule has 0 atom stereocenters. The number of anilines is 2. The fourth-order valence-corrected chi connectivity index (χ4v) is 6.57. The summed E-state index contributed by atoms with van der Waals surface area (Å²) in [5, 5.41) is 15.3. The number of aromatic amines is 1. The third-order valence-electron chi connectivity index (χ3n) is 7.81. The van der Waals surface area contributed by atoms with Crippen LogP contribution in [0.2, 0.25) is 0 Å². The highest BCUT2D eigenvalue weighted by atomic mass is 32.1. The maximum atomic E-state index is 12.8. The lowest BCUT2D eigenvalue weighted by atomic mass is 9.88. The summed E-state index contributed by atoms with van der Waals surface area (Å²) >= 11 is 1.76. The van der Waals surface area contributed by atoms with Gasteiger partial charge in [-0.2, -0.15) is 5.10 Å². The molecule has 1 fully saturated rings. The van der Waals surface area contributed by atoms with Crippen LogP contribution in [0.4, 0.5) is 11.4 Å². The summed E-state index contributed by atoms with van der Waals surface area (Å²) in [5.41, 5.74) is 7.53. The number of amidine groups is 1. The van der Waals surface area contributed by atoms with Gasteiger partial charge in [-0.05, 0) is 55.7 Å². The molecule has 4 aromatic heterocycles. The average molecular weight is 548 g/mol. The molecule has 2 aliphatic rings. The molecule has 1 aliphatic heterocycles. The third-order valence-corrected chi connectivity index (χ3v) is 8.85. The minimum Gasteiger partial charge on any atom is -0.337 e. The van der Waals surface area contributed by atoms with Gasteiger partial charge in [0, 0.05) is 50.1 Å². The first kappa shape index (κ1) is 24.7. The topological polar surface area (TPSA) is 108 Å². The van der Waals surface area contributed by atoms with Gasteiger partial charge in [0.25, 0.3) is 0 Å². The van der Waals surface area contributed by atoms with Crippen molar-refractivity contribution in [3.63, 3.8) is 0 Å². The molecule has 3 N–H and O–H groups in total. The number of pyridine rings is 2. The number of thiophene rings is 1. The summed E-state index contributed by atoms with van der Waals surface area (Å²) < 4.78 is 0. The number of fused-ring (bicyclic) bond motifs is 2. The van der Waals surface area contributed by atoms with Crippen LogP contribution in [-0.4, -0.2) is 31.9 Å². The predicted molar refractivity (Wildman–Crippen MR) is 161 cm³/mol. The van der Waals surface area contributed by atoms with Gasteiger partial charge in [0.15, 0.2) is 5.84 Å². The smallest absolute Gasteiger partial charge is 0.227 e. The standard InChI is InChI=1S/C31H29N7OS/c1-18-7-10-28(40-18)25-15-33-17-27-24(25)16-34-30(36-27)29-23-12-20(8-9-26(23)37-38-29)21-11-22(14-32-13-21)35-31(39)19-5-3-2-4-6-19/h7-15,17,19H,2-6,16H2,1H3,(H,34,36)(H,35,39)(H,37,38). The number of carbonyl (C=O) groups is 1. The fraction of sp³-hybridized carbons (Fsp3) is 0.258. The van der Waals surface area contributed by atoms with Gasteiger partial charge in [0.1, 0.15) is 5.69 Å². The van der Waals surface area contributed by atoms with E-state index in [0.717, 1.165) is 75.9 Å². The molecule has 9 heteroatoms. The van der Waals surface area contributed by atoms with Crippen molar-refractivity contribution >= 4 is 45.4 Å². The number of aliphatic imine (C=N–C) groups is 1. The molecule has 0 radical (unpaired) electrons. The Labute approximate surface area is 236 Å². The maximum absolute atomic E-state index is 12.8. The minimum absolute atomic E-state index is 0.0943. The van der Waals surface area contributed by atoms with Crippen molar-refractivity contribution in [2.75, 3.05) is 10.6 Å². The summed E-state index contributed by atoms with van der Waals surface area (Å²) in [6.45, 7) is 2.66. The molecule has 8 nitrogen and oxygen atoms in total. The first-order chi connectivity index (χ1) is 19.6. The zero-order valence-corrected chi connectivity index (χ0v) is 23.0. The molecule has 200 valence electrons. The average Bonchev–Trinajstić information content (AvgIpc) is 3.63. The van der Waals surface area contributed by atoms with Crippen molar-refractivity contribution < 1.29 is 4.79 Å². The number of hydrogen-bond acceptors (Lipinski definition) is 7. The molecule has 0 unspecified atom stereocenters. The van der Waals surface area contributed by atoms with Gasteiger partial charge in [0.05, 0.1) is 35.8 Å². The number of amides is 1. The third kappa shape index (κ3) is 4.66. The van der Waals surface area contributed by atoms with E-state index in [9.17, 15) is 4.79 Å². The van der Waals surface area contributed by atoms with Crippen molar-refractivity contribution in [3.8, 4) is 21.6 Å². The Kier molecular flexibility index (Phi) is 6.36. The first-order valence-electron chi connectivity index (χ1n) is 13.7. The molecule has 40 heavy (non-hydrogen) atoms. The normalized spacial score (nSPS) is 15.4. The Hall–Kier alpha value is -4.37. The van der Waals surface area contributed by atoms with Crippen LogP contribution in [0.15, 0.2) is 66.2 Å². The lowest BCUT2D eigenvalue weighted by Gasteiger charge is -2.20. The second-order valence-electron chi connectivity index (χ2n) is 10.5. The van der Waals surface area contributed by atoms with Crippen LogP contribution >= 0.6 is 11.3 Å². The van der Waals surface area contributed by atoms with Gasteiger partial charge in [0.2, 0.25) is 5.91 Å². The molecule has 1 aromatic carbocycles. The molecular weight excluding hydrogens is 518 g/mol. The number of benzene rings is 1. The molecule has 0 saturated heterocycles. The Balaban J connectivity index is 1.16. The number of aryl methyl sites for hydroxylation is 1. The zero-order chi connectivity index (χ0) is 27.1. The lowest BCUT2D eigenvalue weighted by molar-refractivity contribution is -0.120. The molecule has 5 aromatic rings. The van der Waals surface area contributed by atoms with Crippen molar-refractivity contribution in [1.82, 2.24) is 20.2 Å². The fourth-order valence-electron chi connectivity index (χ4n) is 5.67. The van der Waals surface area contributed by atoms with E-state index < -0.39 is 0 Å². The highest BCUT2D eigenvalue weighted by Crippen LogP contribution is 2.36. The van der Waals surface area contributed by atoms with Gasteiger partial charge in [-0.25, -0.2) is 0 Å². The molecule has 1 amide bonds. The maximum Gasteiger partial charge on any atom is 0.227 e. The Morgan fingerprint density at radius 1 is 0.975 bits per heavy atom. The van der Waals surface area contributed by atoms with Crippen LogP contribution in [0.5, 0.6) is 0 Å². The van der Waals surface area contributed by atoms with Crippen LogP contribution < -0.4 is 10.6 Å². The second-order valence-corrected chi connectivity index (χ2v) is 11.8. The summed E-state index contributed by atoms with van der Waals surface area (Å²) in [6, 6.07) is 12.4. The number of aromatic nitrogens is 4. The highest BCUT2D eigenvalue weighted by molar-refractivity contribution is 7.15. The summed E-state index contributed by atoms with van der Waals surface area (Å²) in [5.74, 6) is 0.903. The van der Waals surface area contributed by atoms with Crippen LogP contribution in [-0.2, 0) is 11.3 Å². The number of carbonyl (C=O) groups excluding carboxylic acids is 1. The molecule has 1 saturated carbocycles. The first-order valence-corrected chi connectivity index (χ1v) is 14.5. The van der Waals surface area contributed by atoms with Gasteiger partial charge in [-0.3, -0.25) is 24.9 Å². The Morgan fingerprint density at radius 3 is 2.70 bits per heavy atom. The second kappa shape index (κ2) is 10.3. The van der Waals surface area contributed by atoms with Crippen LogP contribution in [0.25, 0.3) is 32.5 Å². The predicted octanol–water partition coefficient (Wildman–Crippen LogP) is 6.95. The monoisotopic (exact) mass is 547 g/mol. The number of nitrogens with zero attached hydrogens (tertiary/aromatic N) is 4. The summed E-state index contributed by atoms with van der Waals surface area (Å²) in [6.07, 6.45) is 12.7. The highest BCUT2D eigenvalue weighted by Gasteiger charge is 2.23. The van der Waals surface area contributed by atoms with Gasteiger partial charge in [-0.15, -0.1) is 11.3 Å². The lowest BCUT2D eigenvalue weighted by Crippen LogP contribution is -2.24. The van der Waals surface area contributed by atoms with Crippen molar-refractivity contribution in [1.29, 1.82) is 0 Å². The quantitative estimate of drug-likeness (QED) is 0.221. The molecular formula is C31H29N7OS. The molecule has 5 heterocycles. The SMILES string of the molecule is Cc1ccc(-c2cncc3c2CN=C(c2n[nH]c4ccc(-c5cncc(NC(=O)C6CCCCC6)c5)cc24)N3)s1. The van der Waals surface area contributed by atoms with Crippen molar-refractivity contribution in [2.45, 2.75) is 45.6 Å². The van der Waals surface area contributed by atoms with Crippen molar-refractivity contribution in [2.24, 2.45) is 10.9 Å². The molecule has 7 rings (SSSR count). The number of hydrogen-bond donors (Lipinski definition) is 3.